The van der Waals surface area contributed by atoms with Gasteiger partial charge in [-0.3, -0.25) is 4.90 Å². The van der Waals surface area contributed by atoms with E-state index < -0.39 is 6.61 Å². The zero-order valence-electron chi connectivity index (χ0n) is 12.3. The van der Waals surface area contributed by atoms with Gasteiger partial charge in [-0.25, -0.2) is 0 Å². The van der Waals surface area contributed by atoms with Crippen molar-refractivity contribution in [1.82, 2.24) is 4.90 Å². The number of ether oxygens (including phenoxy) is 1. The van der Waals surface area contributed by atoms with E-state index in [4.69, 9.17) is 5.73 Å². The Hall–Kier alpha value is -1.20. The van der Waals surface area contributed by atoms with E-state index in [1.807, 2.05) is 12.1 Å². The molecular weight excluding hydrogens is 274 g/mol. The first-order chi connectivity index (χ1) is 10.2. The lowest BCUT2D eigenvalue weighted by Gasteiger charge is -2.32. The fourth-order valence-corrected chi connectivity index (χ4v) is 2.95. The number of hydrogen-bond acceptors (Lipinski definition) is 3. The highest BCUT2D eigenvalue weighted by atomic mass is 19.3. The Balaban J connectivity index is 2.04. The van der Waals surface area contributed by atoms with Crippen molar-refractivity contribution in [1.29, 1.82) is 0 Å². The summed E-state index contributed by atoms with van der Waals surface area (Å²) in [5.41, 5.74) is 7.02. The smallest absolute Gasteiger partial charge is 0.387 e. The zero-order valence-corrected chi connectivity index (χ0v) is 12.3. The number of alkyl halides is 2. The van der Waals surface area contributed by atoms with Gasteiger partial charge >= 0.3 is 6.61 Å². The van der Waals surface area contributed by atoms with Crippen LogP contribution in [0, 0.1) is 0 Å². The molecule has 1 fully saturated rings. The van der Waals surface area contributed by atoms with Crippen molar-refractivity contribution in [2.45, 2.75) is 44.8 Å². The van der Waals surface area contributed by atoms with Gasteiger partial charge in [0.05, 0.1) is 0 Å². The molecule has 0 aliphatic carbocycles. The highest BCUT2D eigenvalue weighted by Gasteiger charge is 2.19. The van der Waals surface area contributed by atoms with Gasteiger partial charge in [0.25, 0.3) is 0 Å². The molecular formula is C16H24F2N2O. The second-order valence-corrected chi connectivity index (χ2v) is 5.50. The molecule has 0 saturated carbocycles. The summed E-state index contributed by atoms with van der Waals surface area (Å²) in [6.45, 7) is -0.140. The van der Waals surface area contributed by atoms with Crippen molar-refractivity contribution in [3.05, 3.63) is 29.8 Å². The normalized spacial score (nSPS) is 19.0. The highest BCUT2D eigenvalue weighted by molar-refractivity contribution is 5.29. The van der Waals surface area contributed by atoms with E-state index in [0.29, 0.717) is 6.54 Å². The molecule has 1 saturated heterocycles. The monoisotopic (exact) mass is 298 g/mol. The second kappa shape index (κ2) is 8.29. The SMILES string of the molecule is NCC(c1ccc(OC(F)F)cc1)N1CCCCCCC1. The van der Waals surface area contributed by atoms with E-state index in [2.05, 4.69) is 9.64 Å². The summed E-state index contributed by atoms with van der Waals surface area (Å²) < 4.78 is 28.7. The quantitative estimate of drug-likeness (QED) is 0.903. The summed E-state index contributed by atoms with van der Waals surface area (Å²) in [6.07, 6.45) is 6.26. The van der Waals surface area contributed by atoms with Gasteiger partial charge in [-0.15, -0.1) is 0 Å². The van der Waals surface area contributed by atoms with Crippen molar-refractivity contribution < 1.29 is 13.5 Å². The third-order valence-corrected chi connectivity index (χ3v) is 4.04. The van der Waals surface area contributed by atoms with Crippen LogP contribution in [0.1, 0.15) is 43.7 Å². The Labute approximate surface area is 125 Å². The van der Waals surface area contributed by atoms with Crippen LogP contribution in [0.4, 0.5) is 8.78 Å². The van der Waals surface area contributed by atoms with Gasteiger partial charge < -0.3 is 10.5 Å². The highest BCUT2D eigenvalue weighted by Crippen LogP contribution is 2.25. The fraction of sp³-hybridized carbons (Fsp3) is 0.625. The van der Waals surface area contributed by atoms with Gasteiger partial charge in [-0.05, 0) is 43.6 Å². The molecule has 0 radical (unpaired) electrons. The van der Waals surface area contributed by atoms with E-state index in [0.717, 1.165) is 18.7 Å². The lowest BCUT2D eigenvalue weighted by atomic mass is 10.0. The third kappa shape index (κ3) is 4.93. The molecule has 0 amide bonds. The van der Waals surface area contributed by atoms with Gasteiger partial charge in [-0.1, -0.05) is 31.4 Å². The van der Waals surface area contributed by atoms with Crippen LogP contribution in [-0.2, 0) is 0 Å². The minimum Gasteiger partial charge on any atom is -0.435 e. The Morgan fingerprint density at radius 1 is 1.00 bits per heavy atom. The van der Waals surface area contributed by atoms with E-state index >= 15 is 0 Å². The van der Waals surface area contributed by atoms with Crippen LogP contribution >= 0.6 is 0 Å². The standard InChI is InChI=1S/C16H24F2N2O/c17-16(18)21-14-8-6-13(7-9-14)15(12-19)20-10-4-2-1-3-5-11-20/h6-9,15-16H,1-5,10-12,19H2. The van der Waals surface area contributed by atoms with E-state index in [-0.39, 0.29) is 11.8 Å². The summed E-state index contributed by atoms with van der Waals surface area (Å²) in [7, 11) is 0. The van der Waals surface area contributed by atoms with Crippen LogP contribution in [0.25, 0.3) is 0 Å². The van der Waals surface area contributed by atoms with Gasteiger partial charge in [0, 0.05) is 12.6 Å². The summed E-state index contributed by atoms with van der Waals surface area (Å²) in [5, 5.41) is 0. The average molecular weight is 298 g/mol. The van der Waals surface area contributed by atoms with Gasteiger partial charge in [-0.2, -0.15) is 8.78 Å². The minimum absolute atomic E-state index is 0.156. The first-order valence-electron chi connectivity index (χ1n) is 7.69. The largest absolute Gasteiger partial charge is 0.435 e. The van der Waals surface area contributed by atoms with E-state index in [1.165, 1.54) is 32.1 Å². The van der Waals surface area contributed by atoms with Crippen molar-refractivity contribution in [3.8, 4) is 5.75 Å². The Morgan fingerprint density at radius 2 is 1.57 bits per heavy atom. The lowest BCUT2D eigenvalue weighted by molar-refractivity contribution is -0.0498. The van der Waals surface area contributed by atoms with Gasteiger partial charge in [0.15, 0.2) is 0 Å². The maximum atomic E-state index is 12.2. The van der Waals surface area contributed by atoms with Crippen LogP contribution in [0.3, 0.4) is 0 Å². The molecule has 2 rings (SSSR count). The van der Waals surface area contributed by atoms with E-state index in [1.54, 1.807) is 12.1 Å². The molecule has 0 bridgehead atoms. The number of benzene rings is 1. The Bertz CT molecular complexity index is 403. The van der Waals surface area contributed by atoms with E-state index in [9.17, 15) is 8.78 Å². The molecule has 1 aliphatic heterocycles. The Morgan fingerprint density at radius 3 is 2.10 bits per heavy atom. The first kappa shape index (κ1) is 16.2. The van der Waals surface area contributed by atoms with Gasteiger partial charge in [0.1, 0.15) is 5.75 Å². The summed E-state index contributed by atoms with van der Waals surface area (Å²) in [5.74, 6) is 0.192. The molecule has 1 aliphatic rings. The number of nitrogens with zero attached hydrogens (tertiary/aromatic N) is 1. The number of rotatable bonds is 5. The Kier molecular flexibility index (Phi) is 6.39. The molecule has 1 aromatic rings. The summed E-state index contributed by atoms with van der Waals surface area (Å²) in [4.78, 5) is 2.42. The molecule has 1 heterocycles. The maximum Gasteiger partial charge on any atom is 0.387 e. The molecule has 0 aromatic heterocycles. The average Bonchev–Trinajstić information content (AvgIpc) is 2.42. The predicted octanol–water partition coefficient (Wildman–Crippen LogP) is 3.55. The first-order valence-corrected chi connectivity index (χ1v) is 7.69. The zero-order chi connectivity index (χ0) is 15.1. The fourth-order valence-electron chi connectivity index (χ4n) is 2.95. The summed E-state index contributed by atoms with van der Waals surface area (Å²) in [6, 6.07) is 7.02. The number of likely N-dealkylation sites (tertiary alicyclic amines) is 1. The van der Waals surface area contributed by atoms with Gasteiger partial charge in [0.2, 0.25) is 0 Å². The number of halogens is 2. The number of hydrogen-bond donors (Lipinski definition) is 1. The van der Waals surface area contributed by atoms with Crippen LogP contribution in [-0.4, -0.2) is 31.1 Å². The summed E-state index contributed by atoms with van der Waals surface area (Å²) >= 11 is 0. The van der Waals surface area contributed by atoms with Crippen LogP contribution in [0.5, 0.6) is 5.75 Å². The van der Waals surface area contributed by atoms with Crippen LogP contribution in [0.2, 0.25) is 0 Å². The molecule has 21 heavy (non-hydrogen) atoms. The maximum absolute atomic E-state index is 12.2. The molecule has 3 nitrogen and oxygen atoms in total. The molecule has 1 aromatic carbocycles. The minimum atomic E-state index is -2.78. The molecule has 5 heteroatoms. The van der Waals surface area contributed by atoms with Crippen molar-refractivity contribution in [3.63, 3.8) is 0 Å². The molecule has 2 N–H and O–H groups in total. The lowest BCUT2D eigenvalue weighted by Crippen LogP contribution is -2.36. The molecule has 1 unspecified atom stereocenters. The third-order valence-electron chi connectivity index (χ3n) is 4.04. The van der Waals surface area contributed by atoms with Crippen LogP contribution < -0.4 is 10.5 Å². The topological polar surface area (TPSA) is 38.5 Å². The molecule has 1 atom stereocenters. The second-order valence-electron chi connectivity index (χ2n) is 5.50. The molecule has 0 spiro atoms. The van der Waals surface area contributed by atoms with Crippen molar-refractivity contribution in [2.75, 3.05) is 19.6 Å². The van der Waals surface area contributed by atoms with Crippen LogP contribution in [0.15, 0.2) is 24.3 Å². The number of nitrogens with two attached hydrogens (primary N) is 1. The molecule has 118 valence electrons. The van der Waals surface area contributed by atoms with Crippen molar-refractivity contribution in [2.24, 2.45) is 5.73 Å². The predicted molar refractivity (Wildman–Crippen MR) is 79.5 cm³/mol. The van der Waals surface area contributed by atoms with Crippen molar-refractivity contribution >= 4 is 0 Å².